The first-order valence-electron chi connectivity index (χ1n) is 18.2. The van der Waals surface area contributed by atoms with Crippen LogP contribution >= 0.6 is 0 Å². The molecule has 0 aromatic heterocycles. The predicted octanol–water partition coefficient (Wildman–Crippen LogP) is 11.0. The second-order valence-electron chi connectivity index (χ2n) is 17.1. The van der Waals surface area contributed by atoms with E-state index >= 15 is 0 Å². The highest BCUT2D eigenvalue weighted by Crippen LogP contribution is 2.51. The maximum absolute atomic E-state index is 11.7. The minimum Gasteiger partial charge on any atom is -0.507 e. The molecule has 0 unspecified atom stereocenters. The average molecular weight is 751 g/mol. The molecule has 10 heteroatoms. The fourth-order valence-electron chi connectivity index (χ4n) is 6.54. The van der Waals surface area contributed by atoms with Gasteiger partial charge >= 0.3 is 0 Å². The monoisotopic (exact) mass is 750 g/mol. The highest BCUT2D eigenvalue weighted by Gasteiger charge is 2.39. The van der Waals surface area contributed by atoms with E-state index in [4.69, 9.17) is 27.8 Å². The van der Waals surface area contributed by atoms with E-state index in [2.05, 4.69) is 81.6 Å². The van der Waals surface area contributed by atoms with Crippen LogP contribution in [0.2, 0.25) is 36.3 Å². The van der Waals surface area contributed by atoms with Crippen molar-refractivity contribution in [3.63, 3.8) is 0 Å². The second-order valence-corrected chi connectivity index (χ2v) is 26.6. The topological polar surface area (TPSA) is 95.8 Å². The molecule has 0 saturated heterocycles. The van der Waals surface area contributed by atoms with Gasteiger partial charge in [0, 0.05) is 58.1 Å². The number of hydrogen-bond acceptors (Lipinski definition) is 8. The van der Waals surface area contributed by atoms with Crippen molar-refractivity contribution in [3.05, 3.63) is 47.5 Å². The summed E-state index contributed by atoms with van der Waals surface area (Å²) in [4.78, 5) is 0. The van der Waals surface area contributed by atoms with Crippen LogP contribution in [-0.4, -0.2) is 67.5 Å². The van der Waals surface area contributed by atoms with Gasteiger partial charge in [-0.1, -0.05) is 41.5 Å². The number of hydrogen-bond donors (Lipinski definition) is 2. The van der Waals surface area contributed by atoms with Gasteiger partial charge < -0.3 is 38.0 Å². The van der Waals surface area contributed by atoms with Gasteiger partial charge in [-0.3, -0.25) is 0 Å². The Morgan fingerprint density at radius 2 is 0.885 bits per heavy atom. The summed E-state index contributed by atoms with van der Waals surface area (Å²) in [6, 6.07) is 11.4. The quantitative estimate of drug-likeness (QED) is 0.130. The molecule has 4 aromatic rings. The molecule has 0 fully saturated rings. The lowest BCUT2D eigenvalue weighted by Gasteiger charge is -2.38. The van der Waals surface area contributed by atoms with E-state index in [9.17, 15) is 10.2 Å². The van der Waals surface area contributed by atoms with Crippen LogP contribution in [0.4, 0.5) is 0 Å². The number of fused-ring (bicyclic) bond motifs is 2. The molecule has 0 aliphatic heterocycles. The van der Waals surface area contributed by atoms with Crippen LogP contribution in [0.15, 0.2) is 36.4 Å². The van der Waals surface area contributed by atoms with Gasteiger partial charge in [-0.2, -0.15) is 0 Å². The molecule has 0 bridgehead atoms. The van der Waals surface area contributed by atoms with E-state index in [-0.39, 0.29) is 33.8 Å². The smallest absolute Gasteiger partial charge is 0.192 e. The minimum atomic E-state index is -2.01. The maximum atomic E-state index is 11.7. The van der Waals surface area contributed by atoms with E-state index in [1.165, 1.54) is 0 Å². The van der Waals surface area contributed by atoms with Crippen LogP contribution in [0.3, 0.4) is 0 Å². The van der Waals surface area contributed by atoms with Crippen molar-refractivity contribution in [1.82, 2.24) is 0 Å². The molecule has 286 valence electrons. The molecule has 52 heavy (non-hydrogen) atoms. The normalized spacial score (nSPS) is 14.1. The summed E-state index contributed by atoms with van der Waals surface area (Å²) in [5.74, 6) is 2.54. The number of aromatic hydroxyl groups is 2. The van der Waals surface area contributed by atoms with Crippen LogP contribution in [-0.2, 0) is 21.7 Å². The Labute approximate surface area is 313 Å². The Morgan fingerprint density at radius 3 is 1.15 bits per heavy atom. The summed E-state index contributed by atoms with van der Waals surface area (Å²) in [5, 5.41) is 26.0. The fourth-order valence-corrected chi connectivity index (χ4v) is 9.42. The zero-order chi connectivity index (χ0) is 39.1. The third-order valence-electron chi connectivity index (χ3n) is 11.3. The highest BCUT2D eigenvalue weighted by atomic mass is 28.4. The number of benzene rings is 4. The maximum Gasteiger partial charge on any atom is 0.192 e. The SMILES string of the molecule is COc1cc(C[C@H](C)O[Si](C)(C)C(C)(C)C)c(O)c2ccc(-c3ccc4c(O)c(C[C@H](C)O[Si](C)(C)C(C)(C)C)cc(OC)c4c3OC)c(OC)c12. The molecule has 2 N–H and O–H groups in total. The number of methoxy groups -OCH3 is 4. The van der Waals surface area contributed by atoms with Crippen molar-refractivity contribution < 1.29 is 38.0 Å². The average Bonchev–Trinajstić information content (AvgIpc) is 3.04. The van der Waals surface area contributed by atoms with Crippen LogP contribution < -0.4 is 18.9 Å². The molecule has 0 aliphatic carbocycles. The summed E-state index contributed by atoms with van der Waals surface area (Å²) in [5.41, 5.74) is 2.95. The Bertz CT molecular complexity index is 1780. The molecular formula is C42H62O8Si2. The molecule has 8 nitrogen and oxygen atoms in total. The first-order chi connectivity index (χ1) is 24.0. The highest BCUT2D eigenvalue weighted by molar-refractivity contribution is 6.74. The van der Waals surface area contributed by atoms with Crippen molar-refractivity contribution in [2.75, 3.05) is 28.4 Å². The largest absolute Gasteiger partial charge is 0.507 e. The fraction of sp³-hybridized carbons (Fsp3) is 0.524. The van der Waals surface area contributed by atoms with E-state index in [0.29, 0.717) is 57.4 Å². The van der Waals surface area contributed by atoms with Gasteiger partial charge in [0.15, 0.2) is 16.6 Å². The molecule has 2 atom stereocenters. The van der Waals surface area contributed by atoms with Crippen LogP contribution in [0.25, 0.3) is 32.7 Å². The van der Waals surface area contributed by atoms with E-state index in [1.807, 2.05) is 36.4 Å². The number of ether oxygens (including phenoxy) is 4. The van der Waals surface area contributed by atoms with Gasteiger partial charge in [-0.15, -0.1) is 0 Å². The minimum absolute atomic E-state index is 0.0706. The summed E-state index contributed by atoms with van der Waals surface area (Å²) >= 11 is 0. The van der Waals surface area contributed by atoms with Crippen molar-refractivity contribution in [2.24, 2.45) is 0 Å². The van der Waals surface area contributed by atoms with Crippen molar-refractivity contribution in [2.45, 2.75) is 117 Å². The predicted molar refractivity (Wildman–Crippen MR) is 219 cm³/mol. The molecule has 0 saturated carbocycles. The van der Waals surface area contributed by atoms with E-state index in [0.717, 1.165) is 22.3 Å². The summed E-state index contributed by atoms with van der Waals surface area (Å²) in [6.07, 6.45) is 0.855. The zero-order valence-electron chi connectivity index (χ0n) is 34.4. The molecule has 0 spiro atoms. The molecule has 0 aliphatic rings. The Balaban J connectivity index is 1.84. The Morgan fingerprint density at radius 1 is 0.558 bits per heavy atom. The lowest BCUT2D eigenvalue weighted by Crippen LogP contribution is -2.43. The third-order valence-corrected chi connectivity index (χ3v) is 20.5. The number of phenolic OH excluding ortho intramolecular Hbond substituents is 2. The van der Waals surface area contributed by atoms with Gasteiger partial charge in [-0.05, 0) is 86.5 Å². The van der Waals surface area contributed by atoms with Crippen LogP contribution in [0, 0.1) is 0 Å². The standard InChI is InChI=1S/C42H62O8Si2/c1-25(49-51(13,14)41(3,4)5)21-27-23-33(45-9)35-31(37(27)43)19-17-29(39(35)47-11)30-18-20-32-36(40(30)48-12)34(46-10)24-28(38(32)44)22-26(2)50-52(15,16)42(6,7)8/h17-20,23-26,43-44H,21-22H2,1-16H3/t25-,26-/m0/s1. The van der Waals surface area contributed by atoms with Gasteiger partial charge in [0.2, 0.25) is 0 Å². The summed E-state index contributed by atoms with van der Waals surface area (Å²) in [7, 11) is 2.43. The van der Waals surface area contributed by atoms with Gasteiger partial charge in [-0.25, -0.2) is 0 Å². The first-order valence-corrected chi connectivity index (χ1v) is 24.0. The molecular weight excluding hydrogens is 689 g/mol. The van der Waals surface area contributed by atoms with E-state index in [1.54, 1.807) is 28.4 Å². The van der Waals surface area contributed by atoms with Crippen LogP contribution in [0.5, 0.6) is 34.5 Å². The number of phenols is 2. The zero-order valence-corrected chi connectivity index (χ0v) is 36.4. The third kappa shape index (κ3) is 7.90. The lowest BCUT2D eigenvalue weighted by atomic mass is 9.92. The van der Waals surface area contributed by atoms with Crippen LogP contribution in [0.1, 0.15) is 66.5 Å². The lowest BCUT2D eigenvalue weighted by molar-refractivity contribution is 0.198. The van der Waals surface area contributed by atoms with Crippen molar-refractivity contribution in [3.8, 4) is 45.6 Å². The van der Waals surface area contributed by atoms with Crippen molar-refractivity contribution in [1.29, 1.82) is 0 Å². The summed E-state index contributed by atoms with van der Waals surface area (Å²) in [6.45, 7) is 26.4. The van der Waals surface area contributed by atoms with Gasteiger partial charge in [0.25, 0.3) is 0 Å². The molecule has 0 amide bonds. The number of rotatable bonds is 13. The summed E-state index contributed by atoms with van der Waals surface area (Å²) < 4.78 is 37.4. The van der Waals surface area contributed by atoms with E-state index < -0.39 is 16.6 Å². The Kier molecular flexibility index (Phi) is 12.0. The van der Waals surface area contributed by atoms with Gasteiger partial charge in [0.05, 0.1) is 39.2 Å². The van der Waals surface area contributed by atoms with Crippen molar-refractivity contribution >= 4 is 38.2 Å². The molecule has 0 radical (unpaired) electrons. The molecule has 0 heterocycles. The molecule has 4 rings (SSSR count). The Hall–Kier alpha value is -3.45. The second kappa shape index (κ2) is 15.1. The molecule has 4 aromatic carbocycles. The first kappa shape index (κ1) is 41.3. The van der Waals surface area contributed by atoms with Gasteiger partial charge in [0.1, 0.15) is 34.5 Å².